The minimum atomic E-state index is -0.636. The van der Waals surface area contributed by atoms with Gasteiger partial charge in [0.05, 0.1) is 45.1 Å². The summed E-state index contributed by atoms with van der Waals surface area (Å²) in [6.45, 7) is 2.29. The number of amides is 1. The van der Waals surface area contributed by atoms with Gasteiger partial charge in [0.1, 0.15) is 11.5 Å². The van der Waals surface area contributed by atoms with Gasteiger partial charge in [-0.1, -0.05) is 17.8 Å². The van der Waals surface area contributed by atoms with Crippen LogP contribution in [0.15, 0.2) is 63.8 Å². The minimum Gasteiger partial charge on any atom is -0.497 e. The molecule has 3 aliphatic rings. The second-order valence-electron chi connectivity index (χ2n) is 8.63. The molecule has 1 N–H and O–H groups in total. The number of amidine groups is 1. The quantitative estimate of drug-likeness (QED) is 0.502. The fourth-order valence-electron chi connectivity index (χ4n) is 4.57. The van der Waals surface area contributed by atoms with Crippen LogP contribution in [0.1, 0.15) is 30.5 Å². The summed E-state index contributed by atoms with van der Waals surface area (Å²) in [5.74, 6) is 1.82. The lowest BCUT2D eigenvalue weighted by molar-refractivity contribution is -0.136. The molecule has 1 atom stereocenters. The molecule has 3 aliphatic heterocycles. The third-order valence-corrected chi connectivity index (χ3v) is 7.29. The molecule has 3 heterocycles. The Morgan fingerprint density at radius 1 is 1.11 bits per heavy atom. The van der Waals surface area contributed by atoms with Crippen molar-refractivity contribution in [3.05, 3.63) is 69.9 Å². The number of nitrogens with one attached hydrogen (secondary N) is 1. The Bertz CT molecular complexity index is 1380. The summed E-state index contributed by atoms with van der Waals surface area (Å²) < 4.78 is 27.0. The molecule has 2 aromatic rings. The Labute approximate surface area is 224 Å². The lowest BCUT2D eigenvalue weighted by atomic mass is 9.93. The molecule has 0 fully saturated rings. The Morgan fingerprint density at radius 3 is 2.68 bits per heavy atom. The van der Waals surface area contributed by atoms with Gasteiger partial charge in [-0.05, 0) is 48.2 Å². The van der Waals surface area contributed by atoms with Crippen LogP contribution in [-0.4, -0.2) is 50.1 Å². The predicted molar refractivity (Wildman–Crippen MR) is 141 cm³/mol. The smallest absolute Gasteiger partial charge is 0.338 e. The first kappa shape index (κ1) is 25.5. The number of allylic oxidation sites excluding steroid dienone is 1. The first-order chi connectivity index (χ1) is 18.4. The van der Waals surface area contributed by atoms with Crippen molar-refractivity contribution in [1.82, 2.24) is 10.2 Å². The Morgan fingerprint density at radius 2 is 1.92 bits per heavy atom. The molecule has 5 rings (SSSR count). The fourth-order valence-corrected chi connectivity index (χ4v) is 5.53. The van der Waals surface area contributed by atoms with Gasteiger partial charge in [0.25, 0.3) is 0 Å². The zero-order valence-corrected chi connectivity index (χ0v) is 22.2. The van der Waals surface area contributed by atoms with Gasteiger partial charge in [0.15, 0.2) is 16.7 Å². The van der Waals surface area contributed by atoms with E-state index in [9.17, 15) is 9.59 Å². The molecule has 0 saturated heterocycles. The third-order valence-electron chi connectivity index (χ3n) is 6.41. The van der Waals surface area contributed by atoms with E-state index in [4.69, 9.17) is 23.7 Å². The van der Waals surface area contributed by atoms with Crippen molar-refractivity contribution in [3.63, 3.8) is 0 Å². The van der Waals surface area contributed by atoms with E-state index in [0.29, 0.717) is 57.2 Å². The SMILES string of the molecule is COC(=O)C1=C(C)N=C2SC=C(CC(=O)NCc3ccc4c(c3)OCO4)N2C1c1cc(OC)ccc1OC. The fraction of sp³-hybridized carbons (Fsp3) is 0.296. The summed E-state index contributed by atoms with van der Waals surface area (Å²) in [4.78, 5) is 32.6. The number of thioether (sulfide) groups is 1. The molecular weight excluding hydrogens is 510 g/mol. The number of carbonyl (C=O) groups is 2. The highest BCUT2D eigenvalue weighted by Gasteiger charge is 2.42. The number of hydrogen-bond acceptors (Lipinski definition) is 10. The summed E-state index contributed by atoms with van der Waals surface area (Å²) in [6, 6.07) is 10.3. The van der Waals surface area contributed by atoms with E-state index in [2.05, 4.69) is 10.3 Å². The maximum atomic E-state index is 13.1. The highest BCUT2D eigenvalue weighted by molar-refractivity contribution is 8.16. The van der Waals surface area contributed by atoms with Crippen LogP contribution in [-0.2, 0) is 20.9 Å². The number of hydrogen-bond donors (Lipinski definition) is 1. The summed E-state index contributed by atoms with van der Waals surface area (Å²) in [6.07, 6.45) is 0.0762. The number of ether oxygens (including phenoxy) is 5. The Balaban J connectivity index is 1.42. The first-order valence-electron chi connectivity index (χ1n) is 11.8. The van der Waals surface area contributed by atoms with Crippen LogP contribution in [0, 0.1) is 0 Å². The van der Waals surface area contributed by atoms with Crippen molar-refractivity contribution in [3.8, 4) is 23.0 Å². The molecule has 0 aromatic heterocycles. The molecule has 11 heteroatoms. The highest BCUT2D eigenvalue weighted by atomic mass is 32.2. The molecule has 198 valence electrons. The molecule has 1 unspecified atom stereocenters. The average Bonchev–Trinajstić information content (AvgIpc) is 3.56. The van der Waals surface area contributed by atoms with E-state index in [1.54, 1.807) is 33.3 Å². The van der Waals surface area contributed by atoms with Gasteiger partial charge in [0.2, 0.25) is 12.7 Å². The topological polar surface area (TPSA) is 108 Å². The van der Waals surface area contributed by atoms with Crippen LogP contribution in [0.3, 0.4) is 0 Å². The number of fused-ring (bicyclic) bond motifs is 2. The van der Waals surface area contributed by atoms with Crippen molar-refractivity contribution in [2.75, 3.05) is 28.1 Å². The van der Waals surface area contributed by atoms with Gasteiger partial charge < -0.3 is 33.9 Å². The minimum absolute atomic E-state index is 0.0762. The van der Waals surface area contributed by atoms with Gasteiger partial charge in [-0.25, -0.2) is 9.79 Å². The zero-order chi connectivity index (χ0) is 26.8. The van der Waals surface area contributed by atoms with Crippen LogP contribution in [0.5, 0.6) is 23.0 Å². The van der Waals surface area contributed by atoms with Crippen molar-refractivity contribution in [1.29, 1.82) is 0 Å². The molecule has 2 aromatic carbocycles. The van der Waals surface area contributed by atoms with Gasteiger partial charge in [-0.3, -0.25) is 4.79 Å². The van der Waals surface area contributed by atoms with Crippen LogP contribution >= 0.6 is 11.8 Å². The molecule has 38 heavy (non-hydrogen) atoms. The molecular formula is C27H27N3O7S. The number of benzene rings is 2. The molecule has 1 amide bonds. The van der Waals surface area contributed by atoms with Crippen molar-refractivity contribution in [2.24, 2.45) is 4.99 Å². The Kier molecular flexibility index (Phi) is 7.19. The van der Waals surface area contributed by atoms with Crippen molar-refractivity contribution < 1.29 is 33.3 Å². The van der Waals surface area contributed by atoms with Crippen molar-refractivity contribution >= 4 is 28.8 Å². The second-order valence-corrected chi connectivity index (χ2v) is 9.47. The number of nitrogens with zero attached hydrogens (tertiary/aromatic N) is 2. The summed E-state index contributed by atoms with van der Waals surface area (Å²) >= 11 is 1.40. The van der Waals surface area contributed by atoms with Gasteiger partial charge in [-0.2, -0.15) is 0 Å². The maximum Gasteiger partial charge on any atom is 0.338 e. The zero-order valence-electron chi connectivity index (χ0n) is 21.4. The number of esters is 1. The molecule has 10 nitrogen and oxygen atoms in total. The monoisotopic (exact) mass is 537 g/mol. The average molecular weight is 538 g/mol. The van der Waals surface area contributed by atoms with E-state index < -0.39 is 12.0 Å². The summed E-state index contributed by atoms with van der Waals surface area (Å²) in [5.41, 5.74) is 3.17. The van der Waals surface area contributed by atoms with Crippen LogP contribution in [0.4, 0.5) is 0 Å². The van der Waals surface area contributed by atoms with Crippen molar-refractivity contribution in [2.45, 2.75) is 25.9 Å². The molecule has 0 radical (unpaired) electrons. The van der Waals surface area contributed by atoms with E-state index in [-0.39, 0.29) is 19.1 Å². The highest BCUT2D eigenvalue weighted by Crippen LogP contribution is 2.47. The second kappa shape index (κ2) is 10.7. The van der Waals surface area contributed by atoms with E-state index in [1.165, 1.54) is 18.9 Å². The normalized spacial score (nSPS) is 17.5. The number of rotatable bonds is 8. The largest absolute Gasteiger partial charge is 0.497 e. The Hall–Kier alpha value is -4.12. The van der Waals surface area contributed by atoms with Crippen LogP contribution in [0.25, 0.3) is 0 Å². The number of methoxy groups -OCH3 is 3. The van der Waals surface area contributed by atoms with E-state index >= 15 is 0 Å². The third kappa shape index (κ3) is 4.76. The van der Waals surface area contributed by atoms with Crippen LogP contribution < -0.4 is 24.3 Å². The number of carbonyl (C=O) groups excluding carboxylic acids is 2. The van der Waals surface area contributed by atoms with Gasteiger partial charge in [0, 0.05) is 17.8 Å². The van der Waals surface area contributed by atoms with Gasteiger partial charge in [-0.15, -0.1) is 0 Å². The first-order valence-corrected chi connectivity index (χ1v) is 12.7. The molecule has 0 aliphatic carbocycles. The van der Waals surface area contributed by atoms with E-state index in [0.717, 1.165) is 5.56 Å². The maximum absolute atomic E-state index is 13.1. The lowest BCUT2D eigenvalue weighted by Gasteiger charge is -2.36. The predicted octanol–water partition coefficient (Wildman–Crippen LogP) is 3.89. The summed E-state index contributed by atoms with van der Waals surface area (Å²) in [7, 11) is 4.47. The molecule has 0 spiro atoms. The number of aliphatic imine (C=N–C) groups is 1. The standard InChI is InChI=1S/C27H27N3O7S/c1-15-24(26(32)35-4)25(19-11-18(33-2)6-8-20(19)34-3)30-17(13-38-27(30)29-15)10-23(31)28-12-16-5-7-21-22(9-16)37-14-36-21/h5-9,11,13,25H,10,12,14H2,1-4H3,(H,28,31). The lowest BCUT2D eigenvalue weighted by Crippen LogP contribution is -2.38. The van der Waals surface area contributed by atoms with Gasteiger partial charge >= 0.3 is 5.97 Å². The summed E-state index contributed by atoms with van der Waals surface area (Å²) in [5, 5.41) is 5.50. The van der Waals surface area contributed by atoms with Crippen LogP contribution in [0.2, 0.25) is 0 Å². The molecule has 0 bridgehead atoms. The van der Waals surface area contributed by atoms with E-state index in [1.807, 2.05) is 34.6 Å². The molecule has 0 saturated carbocycles.